The molecule has 0 spiro atoms. The van der Waals surface area contributed by atoms with E-state index in [-0.39, 0.29) is 18.1 Å². The van der Waals surface area contributed by atoms with Crippen LogP contribution in [0.4, 0.5) is 4.39 Å². The van der Waals surface area contributed by atoms with E-state index >= 15 is 0 Å². The van der Waals surface area contributed by atoms with E-state index in [0.29, 0.717) is 0 Å². The summed E-state index contributed by atoms with van der Waals surface area (Å²) in [6, 6.07) is 3.39. The number of carbonyl (C=O) groups is 2. The molecule has 0 aliphatic heterocycles. The van der Waals surface area contributed by atoms with Crippen molar-refractivity contribution in [3.8, 4) is 5.75 Å². The molecule has 0 radical (unpaired) electrons. The zero-order valence-electron chi connectivity index (χ0n) is 8.95. The van der Waals surface area contributed by atoms with E-state index in [2.05, 4.69) is 4.74 Å². The third-order valence-electron chi connectivity index (χ3n) is 1.84. The summed E-state index contributed by atoms with van der Waals surface area (Å²) in [5.41, 5.74) is -0.0930. The molecule has 0 atom stereocenters. The zero-order chi connectivity index (χ0) is 12.1. The van der Waals surface area contributed by atoms with Crippen LogP contribution < -0.4 is 4.74 Å². The van der Waals surface area contributed by atoms with E-state index in [1.54, 1.807) is 0 Å². The maximum atomic E-state index is 12.9. The average Bonchev–Trinajstić information content (AvgIpc) is 2.26. The normalized spacial score (nSPS) is 9.94. The monoisotopic (exact) mass is 226 g/mol. The van der Waals surface area contributed by atoms with Crippen LogP contribution in [0, 0.1) is 5.82 Å². The second-order valence-electron chi connectivity index (χ2n) is 3.08. The molecule has 0 saturated carbocycles. The molecule has 16 heavy (non-hydrogen) atoms. The number of benzene rings is 1. The van der Waals surface area contributed by atoms with Gasteiger partial charge in [0.25, 0.3) is 0 Å². The Morgan fingerprint density at radius 2 is 2.06 bits per heavy atom. The summed E-state index contributed by atoms with van der Waals surface area (Å²) in [4.78, 5) is 22.4. The highest BCUT2D eigenvalue weighted by Crippen LogP contribution is 2.20. The molecule has 0 bridgehead atoms. The first-order valence-corrected chi connectivity index (χ1v) is 4.52. The van der Waals surface area contributed by atoms with Crippen molar-refractivity contribution < 1.29 is 23.5 Å². The van der Waals surface area contributed by atoms with Crippen LogP contribution in [-0.2, 0) is 9.53 Å². The number of ketones is 2. The Bertz CT molecular complexity index is 414. The Hall–Kier alpha value is -1.75. The van der Waals surface area contributed by atoms with E-state index in [9.17, 15) is 14.0 Å². The molecule has 0 fully saturated rings. The Morgan fingerprint density at radius 1 is 1.38 bits per heavy atom. The third-order valence-corrected chi connectivity index (χ3v) is 1.84. The minimum atomic E-state index is -0.786. The Balaban J connectivity index is 3.07. The van der Waals surface area contributed by atoms with E-state index in [0.717, 1.165) is 19.1 Å². The van der Waals surface area contributed by atoms with Crippen LogP contribution in [0.25, 0.3) is 0 Å². The molecule has 0 amide bonds. The van der Waals surface area contributed by atoms with E-state index in [4.69, 9.17) is 4.74 Å². The van der Waals surface area contributed by atoms with Gasteiger partial charge in [-0.2, -0.15) is 0 Å². The number of ether oxygens (including phenoxy) is 2. The fourth-order valence-electron chi connectivity index (χ4n) is 1.12. The number of hydrogen-bond donors (Lipinski definition) is 0. The standard InChI is InChI=1S/C11H11FO4/c1-7(13)11(14)9-5-8(12)3-4-10(9)16-6-15-2/h3-5H,6H2,1-2H3. The van der Waals surface area contributed by atoms with Gasteiger partial charge in [-0.25, -0.2) is 4.39 Å². The maximum absolute atomic E-state index is 12.9. The molecular weight excluding hydrogens is 215 g/mol. The van der Waals surface area contributed by atoms with Crippen LogP contribution in [0.15, 0.2) is 18.2 Å². The van der Waals surface area contributed by atoms with Gasteiger partial charge in [0.05, 0.1) is 5.56 Å². The summed E-state index contributed by atoms with van der Waals surface area (Å²) in [5, 5.41) is 0. The van der Waals surface area contributed by atoms with Gasteiger partial charge >= 0.3 is 0 Å². The first-order chi connectivity index (χ1) is 7.56. The van der Waals surface area contributed by atoms with Crippen molar-refractivity contribution in [1.29, 1.82) is 0 Å². The minimum Gasteiger partial charge on any atom is -0.467 e. The Kier molecular flexibility index (Phi) is 4.13. The fourth-order valence-corrected chi connectivity index (χ4v) is 1.12. The van der Waals surface area contributed by atoms with Crippen molar-refractivity contribution in [2.24, 2.45) is 0 Å². The average molecular weight is 226 g/mol. The van der Waals surface area contributed by atoms with Crippen LogP contribution in [-0.4, -0.2) is 25.5 Å². The van der Waals surface area contributed by atoms with Crippen LogP contribution in [0.3, 0.4) is 0 Å². The first-order valence-electron chi connectivity index (χ1n) is 4.52. The van der Waals surface area contributed by atoms with Gasteiger partial charge in [-0.1, -0.05) is 0 Å². The van der Waals surface area contributed by atoms with Crippen molar-refractivity contribution in [2.45, 2.75) is 6.92 Å². The van der Waals surface area contributed by atoms with Gasteiger partial charge in [-0.15, -0.1) is 0 Å². The summed E-state index contributed by atoms with van der Waals surface area (Å²) >= 11 is 0. The topological polar surface area (TPSA) is 52.6 Å². The van der Waals surface area contributed by atoms with Gasteiger partial charge in [0.2, 0.25) is 5.78 Å². The Labute approximate surface area is 92.0 Å². The summed E-state index contributed by atoms with van der Waals surface area (Å²) < 4.78 is 22.7. The lowest BCUT2D eigenvalue weighted by molar-refractivity contribution is -0.113. The molecule has 1 rings (SSSR count). The quantitative estimate of drug-likeness (QED) is 0.434. The zero-order valence-corrected chi connectivity index (χ0v) is 8.95. The van der Waals surface area contributed by atoms with Crippen molar-refractivity contribution in [3.63, 3.8) is 0 Å². The molecule has 0 saturated heterocycles. The number of carbonyl (C=O) groups excluding carboxylic acids is 2. The van der Waals surface area contributed by atoms with Crippen LogP contribution >= 0.6 is 0 Å². The van der Waals surface area contributed by atoms with Crippen LogP contribution in [0.2, 0.25) is 0 Å². The number of hydrogen-bond acceptors (Lipinski definition) is 4. The van der Waals surface area contributed by atoms with Crippen LogP contribution in [0.5, 0.6) is 5.75 Å². The smallest absolute Gasteiger partial charge is 0.232 e. The van der Waals surface area contributed by atoms with Crippen molar-refractivity contribution in [1.82, 2.24) is 0 Å². The molecule has 1 aromatic carbocycles. The molecule has 4 nitrogen and oxygen atoms in total. The van der Waals surface area contributed by atoms with E-state index < -0.39 is 17.4 Å². The molecule has 0 N–H and O–H groups in total. The fraction of sp³-hybridized carbons (Fsp3) is 0.273. The molecule has 1 aromatic rings. The van der Waals surface area contributed by atoms with Gasteiger partial charge < -0.3 is 9.47 Å². The minimum absolute atomic E-state index is 0.0795. The highest BCUT2D eigenvalue weighted by molar-refractivity contribution is 6.43. The summed E-state index contributed by atoms with van der Waals surface area (Å²) in [5.74, 6) is -1.93. The Morgan fingerprint density at radius 3 is 2.62 bits per heavy atom. The van der Waals surface area contributed by atoms with Gasteiger partial charge in [0.1, 0.15) is 11.6 Å². The highest BCUT2D eigenvalue weighted by Gasteiger charge is 2.17. The second kappa shape index (κ2) is 5.37. The number of methoxy groups -OCH3 is 1. The summed E-state index contributed by atoms with van der Waals surface area (Å²) in [6.45, 7) is 1.04. The molecule has 5 heteroatoms. The number of halogens is 1. The van der Waals surface area contributed by atoms with Crippen molar-refractivity contribution >= 4 is 11.6 Å². The molecule has 0 aromatic heterocycles. The molecule has 0 aliphatic rings. The molecule has 86 valence electrons. The summed E-state index contributed by atoms with van der Waals surface area (Å²) in [6.07, 6.45) is 0. The van der Waals surface area contributed by atoms with Gasteiger partial charge in [-0.05, 0) is 18.2 Å². The first kappa shape index (κ1) is 12.3. The highest BCUT2D eigenvalue weighted by atomic mass is 19.1. The van der Waals surface area contributed by atoms with Crippen LogP contribution in [0.1, 0.15) is 17.3 Å². The predicted octanol–water partition coefficient (Wildman–Crippen LogP) is 1.58. The van der Waals surface area contributed by atoms with Gasteiger partial charge in [0.15, 0.2) is 12.6 Å². The van der Waals surface area contributed by atoms with Gasteiger partial charge in [-0.3, -0.25) is 9.59 Å². The lowest BCUT2D eigenvalue weighted by Crippen LogP contribution is -2.13. The predicted molar refractivity (Wildman–Crippen MR) is 53.9 cm³/mol. The second-order valence-corrected chi connectivity index (χ2v) is 3.08. The molecule has 0 heterocycles. The summed E-state index contributed by atoms with van der Waals surface area (Å²) in [7, 11) is 1.41. The number of rotatable bonds is 5. The molecular formula is C11H11FO4. The maximum Gasteiger partial charge on any atom is 0.232 e. The van der Waals surface area contributed by atoms with E-state index in [1.165, 1.54) is 13.2 Å². The van der Waals surface area contributed by atoms with Crippen molar-refractivity contribution in [2.75, 3.05) is 13.9 Å². The van der Waals surface area contributed by atoms with E-state index in [1.807, 2.05) is 0 Å². The SMILES string of the molecule is COCOc1ccc(F)cc1C(=O)C(C)=O. The largest absolute Gasteiger partial charge is 0.467 e. The van der Waals surface area contributed by atoms with Gasteiger partial charge in [0, 0.05) is 14.0 Å². The lowest BCUT2D eigenvalue weighted by atomic mass is 10.1. The van der Waals surface area contributed by atoms with Crippen molar-refractivity contribution in [3.05, 3.63) is 29.6 Å². The number of Topliss-reactive ketones (excluding diaryl/α,β-unsaturated/α-hetero) is 2. The molecule has 0 unspecified atom stereocenters. The molecule has 0 aliphatic carbocycles. The third kappa shape index (κ3) is 2.87. The lowest BCUT2D eigenvalue weighted by Gasteiger charge is -2.08.